The van der Waals surface area contributed by atoms with E-state index in [1.807, 2.05) is 0 Å². The maximum Gasteiger partial charge on any atom is 0.0637 e. The van der Waals surface area contributed by atoms with Gasteiger partial charge >= 0.3 is 0 Å². The first-order valence-corrected chi connectivity index (χ1v) is 3.92. The summed E-state index contributed by atoms with van der Waals surface area (Å²) in [6.45, 7) is 5.45. The molecule has 1 fully saturated rings. The Bertz CT molecular complexity index is 108. The molecule has 0 amide bonds. The first-order valence-electron chi connectivity index (χ1n) is 3.92. The molecule has 0 aromatic rings. The van der Waals surface area contributed by atoms with Crippen molar-refractivity contribution in [2.75, 3.05) is 13.7 Å². The third-order valence-electron chi connectivity index (χ3n) is 2.22. The van der Waals surface area contributed by atoms with Crippen LogP contribution in [0.1, 0.15) is 26.7 Å². The minimum absolute atomic E-state index is 0.0537. The van der Waals surface area contributed by atoms with Gasteiger partial charge in [0, 0.05) is 13.2 Å². The highest BCUT2D eigenvalue weighted by atomic mass is 16.5. The first-order chi connectivity index (χ1) is 4.64. The SMILES string of the molecule is COC(C)(C)CC1CCN1. The van der Waals surface area contributed by atoms with Gasteiger partial charge in [0.05, 0.1) is 5.60 Å². The van der Waals surface area contributed by atoms with Crippen LogP contribution in [0, 0.1) is 0 Å². The minimum Gasteiger partial charge on any atom is -0.379 e. The second kappa shape index (κ2) is 2.89. The van der Waals surface area contributed by atoms with E-state index in [1.54, 1.807) is 7.11 Å². The van der Waals surface area contributed by atoms with Crippen LogP contribution in [-0.4, -0.2) is 25.3 Å². The Kier molecular flexibility index (Phi) is 2.32. The Labute approximate surface area is 63.0 Å². The van der Waals surface area contributed by atoms with E-state index in [-0.39, 0.29) is 5.60 Å². The predicted octanol–water partition coefficient (Wildman–Crippen LogP) is 1.16. The maximum absolute atomic E-state index is 5.30. The zero-order valence-electron chi connectivity index (χ0n) is 7.11. The fourth-order valence-corrected chi connectivity index (χ4v) is 1.20. The zero-order chi connectivity index (χ0) is 7.61. The second-order valence-electron chi connectivity index (χ2n) is 3.61. The molecule has 1 atom stereocenters. The van der Waals surface area contributed by atoms with Crippen molar-refractivity contribution in [1.82, 2.24) is 5.32 Å². The Balaban J connectivity index is 2.21. The first kappa shape index (κ1) is 8.02. The molecule has 1 N–H and O–H groups in total. The smallest absolute Gasteiger partial charge is 0.0637 e. The molecule has 1 unspecified atom stereocenters. The van der Waals surface area contributed by atoms with Crippen molar-refractivity contribution in [3.63, 3.8) is 0 Å². The van der Waals surface area contributed by atoms with Gasteiger partial charge in [0.15, 0.2) is 0 Å². The van der Waals surface area contributed by atoms with Gasteiger partial charge in [-0.3, -0.25) is 0 Å². The van der Waals surface area contributed by atoms with E-state index in [0.29, 0.717) is 6.04 Å². The number of nitrogens with one attached hydrogen (secondary N) is 1. The average Bonchev–Trinajstić information content (AvgIpc) is 1.80. The Morgan fingerprint density at radius 2 is 2.20 bits per heavy atom. The van der Waals surface area contributed by atoms with E-state index in [0.717, 1.165) is 6.42 Å². The lowest BCUT2D eigenvalue weighted by atomic mass is 9.93. The maximum atomic E-state index is 5.30. The summed E-state index contributed by atoms with van der Waals surface area (Å²) in [4.78, 5) is 0. The highest BCUT2D eigenvalue weighted by Crippen LogP contribution is 2.19. The van der Waals surface area contributed by atoms with E-state index in [4.69, 9.17) is 4.74 Å². The van der Waals surface area contributed by atoms with E-state index in [1.165, 1.54) is 13.0 Å². The van der Waals surface area contributed by atoms with Crippen molar-refractivity contribution >= 4 is 0 Å². The molecule has 0 aromatic heterocycles. The third-order valence-corrected chi connectivity index (χ3v) is 2.22. The van der Waals surface area contributed by atoms with Gasteiger partial charge in [0.2, 0.25) is 0 Å². The average molecular weight is 143 g/mol. The molecule has 0 aliphatic carbocycles. The lowest BCUT2D eigenvalue weighted by Gasteiger charge is -2.34. The van der Waals surface area contributed by atoms with Gasteiger partial charge in [-0.05, 0) is 33.2 Å². The summed E-state index contributed by atoms with van der Waals surface area (Å²) in [6.07, 6.45) is 2.44. The molecular formula is C8H17NO. The van der Waals surface area contributed by atoms with E-state index in [2.05, 4.69) is 19.2 Å². The molecule has 2 heteroatoms. The van der Waals surface area contributed by atoms with Crippen molar-refractivity contribution in [3.8, 4) is 0 Å². The topological polar surface area (TPSA) is 21.3 Å². The summed E-state index contributed by atoms with van der Waals surface area (Å²) in [6, 6.07) is 0.704. The summed E-state index contributed by atoms with van der Waals surface area (Å²) in [7, 11) is 1.78. The number of ether oxygens (including phenoxy) is 1. The number of rotatable bonds is 3. The highest BCUT2D eigenvalue weighted by Gasteiger charge is 2.25. The lowest BCUT2D eigenvalue weighted by molar-refractivity contribution is 0.00107. The van der Waals surface area contributed by atoms with E-state index in [9.17, 15) is 0 Å². The van der Waals surface area contributed by atoms with Crippen LogP contribution < -0.4 is 5.32 Å². The minimum atomic E-state index is 0.0537. The van der Waals surface area contributed by atoms with Gasteiger partial charge in [0.1, 0.15) is 0 Å². The molecule has 1 aliphatic heterocycles. The summed E-state index contributed by atoms with van der Waals surface area (Å²) in [5, 5.41) is 3.36. The van der Waals surface area contributed by atoms with Crippen molar-refractivity contribution in [1.29, 1.82) is 0 Å². The molecule has 1 aliphatic rings. The van der Waals surface area contributed by atoms with Crippen LogP contribution in [0.15, 0.2) is 0 Å². The molecule has 2 nitrogen and oxygen atoms in total. The Morgan fingerprint density at radius 3 is 2.50 bits per heavy atom. The molecule has 60 valence electrons. The van der Waals surface area contributed by atoms with Crippen molar-refractivity contribution in [2.45, 2.75) is 38.3 Å². The standard InChI is InChI=1S/C8H17NO/c1-8(2,10-3)6-7-4-5-9-7/h7,9H,4-6H2,1-3H3. The molecule has 0 saturated carbocycles. The highest BCUT2D eigenvalue weighted by molar-refractivity contribution is 4.84. The fourth-order valence-electron chi connectivity index (χ4n) is 1.20. The molecular weight excluding hydrogens is 126 g/mol. The second-order valence-corrected chi connectivity index (χ2v) is 3.61. The number of hydrogen-bond acceptors (Lipinski definition) is 2. The number of hydrogen-bond donors (Lipinski definition) is 1. The Hall–Kier alpha value is -0.0800. The predicted molar refractivity (Wildman–Crippen MR) is 42.1 cm³/mol. The summed E-state index contributed by atoms with van der Waals surface area (Å²) < 4.78 is 5.30. The molecule has 10 heavy (non-hydrogen) atoms. The van der Waals surface area contributed by atoms with Crippen LogP contribution in [0.4, 0.5) is 0 Å². The molecule has 1 rings (SSSR count). The normalized spacial score (nSPS) is 26.1. The van der Waals surface area contributed by atoms with Crippen LogP contribution in [0.3, 0.4) is 0 Å². The summed E-state index contributed by atoms with van der Waals surface area (Å²) >= 11 is 0. The van der Waals surface area contributed by atoms with E-state index < -0.39 is 0 Å². The van der Waals surface area contributed by atoms with Crippen LogP contribution in [0.25, 0.3) is 0 Å². The van der Waals surface area contributed by atoms with Crippen LogP contribution >= 0.6 is 0 Å². The lowest BCUT2D eigenvalue weighted by Crippen LogP contribution is -2.47. The molecule has 0 radical (unpaired) electrons. The van der Waals surface area contributed by atoms with Gasteiger partial charge in [-0.1, -0.05) is 0 Å². The molecule has 0 bridgehead atoms. The zero-order valence-corrected chi connectivity index (χ0v) is 7.11. The van der Waals surface area contributed by atoms with Gasteiger partial charge in [-0.2, -0.15) is 0 Å². The third kappa shape index (κ3) is 1.96. The summed E-state index contributed by atoms with van der Waals surface area (Å²) in [5.74, 6) is 0. The number of methoxy groups -OCH3 is 1. The molecule has 0 aromatic carbocycles. The van der Waals surface area contributed by atoms with Crippen molar-refractivity contribution < 1.29 is 4.74 Å². The monoisotopic (exact) mass is 143 g/mol. The van der Waals surface area contributed by atoms with Gasteiger partial charge in [-0.15, -0.1) is 0 Å². The van der Waals surface area contributed by atoms with Gasteiger partial charge in [-0.25, -0.2) is 0 Å². The van der Waals surface area contributed by atoms with Crippen LogP contribution in [-0.2, 0) is 4.74 Å². The summed E-state index contributed by atoms with van der Waals surface area (Å²) in [5.41, 5.74) is 0.0537. The molecule has 0 spiro atoms. The van der Waals surface area contributed by atoms with Crippen LogP contribution in [0.2, 0.25) is 0 Å². The quantitative estimate of drug-likeness (QED) is 0.640. The van der Waals surface area contributed by atoms with Crippen LogP contribution in [0.5, 0.6) is 0 Å². The van der Waals surface area contributed by atoms with Gasteiger partial charge in [0.25, 0.3) is 0 Å². The van der Waals surface area contributed by atoms with Crippen molar-refractivity contribution in [3.05, 3.63) is 0 Å². The fraction of sp³-hybridized carbons (Fsp3) is 1.00. The van der Waals surface area contributed by atoms with E-state index >= 15 is 0 Å². The van der Waals surface area contributed by atoms with Gasteiger partial charge < -0.3 is 10.1 Å². The largest absolute Gasteiger partial charge is 0.379 e. The van der Waals surface area contributed by atoms with Crippen molar-refractivity contribution in [2.24, 2.45) is 0 Å². The molecule has 1 heterocycles. The Morgan fingerprint density at radius 1 is 1.60 bits per heavy atom. The molecule has 1 saturated heterocycles.